The fourth-order valence-electron chi connectivity index (χ4n) is 3.84. The van der Waals surface area contributed by atoms with Crippen molar-refractivity contribution in [1.82, 2.24) is 20.8 Å². The first kappa shape index (κ1) is 20.9. The number of aryl methyl sites for hydroxylation is 1. The van der Waals surface area contributed by atoms with Gasteiger partial charge in [0.25, 0.3) is 5.97 Å². The molecule has 0 saturated carbocycles. The van der Waals surface area contributed by atoms with Crippen LogP contribution >= 0.6 is 0 Å². The third kappa shape index (κ3) is 5.14. The van der Waals surface area contributed by atoms with Gasteiger partial charge in [-0.05, 0) is 42.5 Å². The molecule has 29 heavy (non-hydrogen) atoms. The zero-order valence-corrected chi connectivity index (χ0v) is 16.8. The SMILES string of the molecule is CC(=O)O.COc1cccc(CC2(C(=O)NC3CCc4cn[nH]c4C3)CNC2)c1. The van der Waals surface area contributed by atoms with Crippen LogP contribution < -0.4 is 15.4 Å². The van der Waals surface area contributed by atoms with Gasteiger partial charge in [0.1, 0.15) is 5.75 Å². The van der Waals surface area contributed by atoms with Gasteiger partial charge in [0.05, 0.1) is 18.7 Å². The lowest BCUT2D eigenvalue weighted by molar-refractivity contribution is -0.135. The Morgan fingerprint density at radius 2 is 2.14 bits per heavy atom. The van der Waals surface area contributed by atoms with Gasteiger partial charge in [-0.2, -0.15) is 5.10 Å². The third-order valence-electron chi connectivity index (χ3n) is 5.44. The minimum Gasteiger partial charge on any atom is -0.497 e. The van der Waals surface area contributed by atoms with Crippen LogP contribution in [0.5, 0.6) is 5.75 Å². The molecule has 8 heteroatoms. The van der Waals surface area contributed by atoms with Crippen LogP contribution in [0.25, 0.3) is 0 Å². The molecule has 4 N–H and O–H groups in total. The fraction of sp³-hybridized carbons (Fsp3) is 0.476. The number of ether oxygens (including phenoxy) is 1. The maximum atomic E-state index is 13.0. The molecule has 0 spiro atoms. The Morgan fingerprint density at radius 1 is 1.38 bits per heavy atom. The monoisotopic (exact) mass is 400 g/mol. The first-order valence-electron chi connectivity index (χ1n) is 9.77. The lowest BCUT2D eigenvalue weighted by Crippen LogP contribution is -2.63. The molecule has 2 aliphatic rings. The van der Waals surface area contributed by atoms with Crippen molar-refractivity contribution in [1.29, 1.82) is 0 Å². The third-order valence-corrected chi connectivity index (χ3v) is 5.44. The van der Waals surface area contributed by atoms with Crippen LogP contribution in [-0.4, -0.2) is 53.4 Å². The Morgan fingerprint density at radius 3 is 2.79 bits per heavy atom. The number of amides is 1. The summed E-state index contributed by atoms with van der Waals surface area (Å²) >= 11 is 0. The van der Waals surface area contributed by atoms with E-state index in [1.165, 1.54) is 5.56 Å². The summed E-state index contributed by atoms with van der Waals surface area (Å²) in [7, 11) is 1.67. The van der Waals surface area contributed by atoms with Gasteiger partial charge in [0.15, 0.2) is 0 Å². The minimum atomic E-state index is -0.833. The molecular weight excluding hydrogens is 372 g/mol. The second-order valence-electron chi connectivity index (χ2n) is 7.72. The molecule has 8 nitrogen and oxygen atoms in total. The van der Waals surface area contributed by atoms with E-state index in [0.29, 0.717) is 0 Å². The summed E-state index contributed by atoms with van der Waals surface area (Å²) in [6.07, 6.45) is 5.40. The molecule has 1 atom stereocenters. The number of carboxylic acids is 1. The lowest BCUT2D eigenvalue weighted by atomic mass is 9.75. The minimum absolute atomic E-state index is 0.155. The van der Waals surface area contributed by atoms with Crippen molar-refractivity contribution >= 4 is 11.9 Å². The summed E-state index contributed by atoms with van der Waals surface area (Å²) in [5.41, 5.74) is 3.21. The van der Waals surface area contributed by atoms with Gasteiger partial charge in [0, 0.05) is 38.2 Å². The maximum Gasteiger partial charge on any atom is 0.300 e. The molecule has 2 heterocycles. The number of methoxy groups -OCH3 is 1. The van der Waals surface area contributed by atoms with E-state index in [1.807, 2.05) is 24.4 Å². The number of aromatic amines is 1. The molecule has 4 rings (SSSR count). The number of carbonyl (C=O) groups is 2. The molecule has 156 valence electrons. The number of aliphatic carboxylic acids is 1. The number of nitrogens with one attached hydrogen (secondary N) is 3. The second-order valence-corrected chi connectivity index (χ2v) is 7.72. The molecule has 1 fully saturated rings. The van der Waals surface area contributed by atoms with Crippen molar-refractivity contribution in [2.75, 3.05) is 20.2 Å². The first-order chi connectivity index (χ1) is 13.9. The highest BCUT2D eigenvalue weighted by Crippen LogP contribution is 2.30. The number of hydrogen-bond acceptors (Lipinski definition) is 5. The van der Waals surface area contributed by atoms with Crippen molar-refractivity contribution in [2.45, 2.75) is 38.6 Å². The van der Waals surface area contributed by atoms with Crippen LogP contribution in [0.1, 0.15) is 30.2 Å². The lowest BCUT2D eigenvalue weighted by Gasteiger charge is -2.42. The summed E-state index contributed by atoms with van der Waals surface area (Å²) in [4.78, 5) is 22.0. The van der Waals surface area contributed by atoms with E-state index < -0.39 is 5.97 Å². The highest BCUT2D eigenvalue weighted by Gasteiger charge is 2.45. The van der Waals surface area contributed by atoms with Crippen LogP contribution in [-0.2, 0) is 28.9 Å². The Bertz CT molecular complexity index is 856. The van der Waals surface area contributed by atoms with Gasteiger partial charge in [0.2, 0.25) is 5.91 Å². The van der Waals surface area contributed by atoms with Gasteiger partial charge >= 0.3 is 0 Å². The van der Waals surface area contributed by atoms with E-state index >= 15 is 0 Å². The van der Waals surface area contributed by atoms with Gasteiger partial charge in [-0.1, -0.05) is 12.1 Å². The molecule has 1 aromatic carbocycles. The second kappa shape index (κ2) is 9.09. The molecule has 1 aliphatic carbocycles. The smallest absolute Gasteiger partial charge is 0.300 e. The van der Waals surface area contributed by atoms with Crippen molar-refractivity contribution in [3.63, 3.8) is 0 Å². The number of rotatable bonds is 5. The zero-order chi connectivity index (χ0) is 20.9. The number of nitrogens with zero attached hydrogens (tertiary/aromatic N) is 1. The van der Waals surface area contributed by atoms with E-state index in [9.17, 15) is 4.79 Å². The molecule has 0 bridgehead atoms. The molecule has 1 amide bonds. The van der Waals surface area contributed by atoms with E-state index in [-0.39, 0.29) is 17.4 Å². The number of H-pyrrole nitrogens is 1. The zero-order valence-electron chi connectivity index (χ0n) is 16.8. The van der Waals surface area contributed by atoms with Crippen LogP contribution in [0.15, 0.2) is 30.5 Å². The van der Waals surface area contributed by atoms with Crippen LogP contribution in [0.4, 0.5) is 0 Å². The number of hydrogen-bond donors (Lipinski definition) is 4. The predicted octanol–water partition coefficient (Wildman–Crippen LogP) is 1.32. The van der Waals surface area contributed by atoms with Crippen molar-refractivity contribution in [3.05, 3.63) is 47.3 Å². The summed E-state index contributed by atoms with van der Waals surface area (Å²) < 4.78 is 5.30. The van der Waals surface area contributed by atoms with Gasteiger partial charge in [-0.15, -0.1) is 0 Å². The van der Waals surface area contributed by atoms with Gasteiger partial charge < -0.3 is 20.5 Å². The average Bonchev–Trinajstić information content (AvgIpc) is 3.12. The first-order valence-corrected chi connectivity index (χ1v) is 9.77. The van der Waals surface area contributed by atoms with E-state index in [2.05, 4.69) is 26.9 Å². The topological polar surface area (TPSA) is 116 Å². The highest BCUT2D eigenvalue weighted by molar-refractivity contribution is 5.85. The molecule has 1 aliphatic heterocycles. The molecule has 1 unspecified atom stereocenters. The van der Waals surface area contributed by atoms with Gasteiger partial charge in [-0.25, -0.2) is 0 Å². The Hall–Kier alpha value is -2.87. The molecule has 1 saturated heterocycles. The Labute approximate surface area is 170 Å². The summed E-state index contributed by atoms with van der Waals surface area (Å²) in [6.45, 7) is 2.52. The van der Waals surface area contributed by atoms with Crippen LogP contribution in [0, 0.1) is 5.41 Å². The number of aromatic nitrogens is 2. The Balaban J connectivity index is 0.000000552. The summed E-state index contributed by atoms with van der Waals surface area (Å²) in [6, 6.07) is 8.17. The van der Waals surface area contributed by atoms with Crippen molar-refractivity contribution < 1.29 is 19.4 Å². The van der Waals surface area contributed by atoms with Crippen molar-refractivity contribution in [2.24, 2.45) is 5.41 Å². The predicted molar refractivity (Wildman–Crippen MR) is 108 cm³/mol. The van der Waals surface area contributed by atoms with Gasteiger partial charge in [-0.3, -0.25) is 14.7 Å². The average molecular weight is 400 g/mol. The number of benzene rings is 1. The van der Waals surface area contributed by atoms with Crippen LogP contribution in [0.3, 0.4) is 0 Å². The molecule has 1 aromatic heterocycles. The van der Waals surface area contributed by atoms with Crippen molar-refractivity contribution in [3.8, 4) is 5.75 Å². The normalized spacial score (nSPS) is 19.0. The van der Waals surface area contributed by atoms with E-state index in [0.717, 1.165) is 62.7 Å². The molecule has 2 aromatic rings. The summed E-state index contributed by atoms with van der Waals surface area (Å²) in [5.74, 6) is 0.154. The fourth-order valence-corrected chi connectivity index (χ4v) is 3.84. The number of fused-ring (bicyclic) bond motifs is 1. The quantitative estimate of drug-likeness (QED) is 0.601. The van der Waals surface area contributed by atoms with Crippen LogP contribution in [0.2, 0.25) is 0 Å². The number of carbonyl (C=O) groups excluding carboxylic acids is 1. The van der Waals surface area contributed by atoms with E-state index in [4.69, 9.17) is 14.6 Å². The standard InChI is InChI=1S/C19H24N4O2.C2H4O2/c1-25-16-4-2-3-13(7-16)9-19(11-20-12-19)18(24)22-15-6-5-14-10-21-23-17(14)8-15;1-2(3)4/h2-4,7,10,15,20H,5-6,8-9,11-12H2,1H3,(H,21,23)(H,22,24);1H3,(H,3,4). The largest absolute Gasteiger partial charge is 0.497 e. The Kier molecular flexibility index (Phi) is 6.53. The molecular formula is C21H28N4O4. The van der Waals surface area contributed by atoms with E-state index in [1.54, 1.807) is 7.11 Å². The molecule has 0 radical (unpaired) electrons. The highest BCUT2D eigenvalue weighted by atomic mass is 16.5. The number of carboxylic acid groups (broad SMARTS) is 1. The summed E-state index contributed by atoms with van der Waals surface area (Å²) in [5, 5.41) is 21.1. The maximum absolute atomic E-state index is 13.0.